The molecule has 0 saturated carbocycles. The summed E-state index contributed by atoms with van der Waals surface area (Å²) in [6.07, 6.45) is 0.379. The summed E-state index contributed by atoms with van der Waals surface area (Å²) >= 11 is 5.91. The predicted molar refractivity (Wildman–Crippen MR) is 98.3 cm³/mol. The molecule has 0 atom stereocenters. The maximum absolute atomic E-state index is 14.5. The van der Waals surface area contributed by atoms with E-state index in [9.17, 15) is 18.7 Å². The standard InChI is InChI=1S/C17H18ClF2N5O2/c1-17(2,27)4-5-25-13-7-11(10(19)6-12(13)24(3)16(25)26)22-14-9(18)8-21-15(20)23-14/h6-8,27H,4-5H2,1-3H3,(H,21,22,23). The van der Waals surface area contributed by atoms with E-state index in [1.54, 1.807) is 13.8 Å². The van der Waals surface area contributed by atoms with E-state index in [2.05, 4.69) is 15.3 Å². The van der Waals surface area contributed by atoms with Crippen LogP contribution in [0.25, 0.3) is 11.0 Å². The molecule has 7 nitrogen and oxygen atoms in total. The predicted octanol–water partition coefficient (Wildman–Crippen LogP) is 2.97. The SMILES string of the molecule is Cn1c(=O)n(CCC(C)(C)O)c2cc(Nc3nc(F)ncc3Cl)c(F)cc21. The van der Waals surface area contributed by atoms with Gasteiger partial charge in [-0.1, -0.05) is 11.6 Å². The number of nitrogens with one attached hydrogen (secondary N) is 1. The van der Waals surface area contributed by atoms with E-state index in [0.717, 1.165) is 6.20 Å². The van der Waals surface area contributed by atoms with Crippen LogP contribution in [0.3, 0.4) is 0 Å². The first kappa shape index (κ1) is 19.2. The highest BCUT2D eigenvalue weighted by Gasteiger charge is 2.19. The number of halogens is 3. The molecule has 0 saturated heterocycles. The molecule has 0 radical (unpaired) electrons. The zero-order valence-corrected chi connectivity index (χ0v) is 15.7. The second kappa shape index (κ2) is 6.90. The number of nitrogens with zero attached hydrogens (tertiary/aromatic N) is 4. The van der Waals surface area contributed by atoms with Crippen LogP contribution in [0.2, 0.25) is 5.02 Å². The quantitative estimate of drug-likeness (QED) is 0.646. The third-order valence-corrected chi connectivity index (χ3v) is 4.43. The molecule has 1 aromatic carbocycles. The van der Waals surface area contributed by atoms with E-state index < -0.39 is 17.5 Å². The van der Waals surface area contributed by atoms with Gasteiger partial charge in [0, 0.05) is 19.7 Å². The Labute approximate surface area is 158 Å². The van der Waals surface area contributed by atoms with Gasteiger partial charge in [0.1, 0.15) is 10.8 Å². The smallest absolute Gasteiger partial charge is 0.328 e. The Morgan fingerprint density at radius 2 is 2.00 bits per heavy atom. The van der Waals surface area contributed by atoms with Crippen molar-refractivity contribution < 1.29 is 13.9 Å². The van der Waals surface area contributed by atoms with Crippen LogP contribution in [0.4, 0.5) is 20.3 Å². The summed E-state index contributed by atoms with van der Waals surface area (Å²) in [5.41, 5.74) is -0.476. The Morgan fingerprint density at radius 1 is 1.30 bits per heavy atom. The lowest BCUT2D eigenvalue weighted by Crippen LogP contribution is -2.27. The van der Waals surface area contributed by atoms with E-state index in [4.69, 9.17) is 11.6 Å². The van der Waals surface area contributed by atoms with Gasteiger partial charge in [0.05, 0.1) is 28.5 Å². The average molecular weight is 398 g/mol. The van der Waals surface area contributed by atoms with E-state index in [1.807, 2.05) is 0 Å². The van der Waals surface area contributed by atoms with Gasteiger partial charge in [-0.25, -0.2) is 14.2 Å². The molecular weight excluding hydrogens is 380 g/mol. The fourth-order valence-electron chi connectivity index (χ4n) is 2.68. The largest absolute Gasteiger partial charge is 0.390 e. The van der Waals surface area contributed by atoms with Crippen molar-refractivity contribution in [3.8, 4) is 0 Å². The summed E-state index contributed by atoms with van der Waals surface area (Å²) in [6, 6.07) is 2.62. The number of rotatable bonds is 5. The lowest BCUT2D eigenvalue weighted by molar-refractivity contribution is 0.0662. The lowest BCUT2D eigenvalue weighted by atomic mass is 10.1. The van der Waals surface area contributed by atoms with Gasteiger partial charge in [-0.15, -0.1) is 0 Å². The van der Waals surface area contributed by atoms with Gasteiger partial charge in [0.25, 0.3) is 0 Å². The highest BCUT2D eigenvalue weighted by atomic mass is 35.5. The number of imidazole rings is 1. The molecule has 27 heavy (non-hydrogen) atoms. The van der Waals surface area contributed by atoms with Gasteiger partial charge in [-0.05, 0) is 26.3 Å². The fraction of sp³-hybridized carbons (Fsp3) is 0.353. The van der Waals surface area contributed by atoms with Crippen LogP contribution in [-0.2, 0) is 13.6 Å². The van der Waals surface area contributed by atoms with Crippen LogP contribution in [-0.4, -0.2) is 29.8 Å². The average Bonchev–Trinajstić information content (AvgIpc) is 2.80. The minimum absolute atomic E-state index is 0.0170. The minimum Gasteiger partial charge on any atom is -0.390 e. The Balaban J connectivity index is 2.08. The van der Waals surface area contributed by atoms with Crippen LogP contribution in [0.1, 0.15) is 20.3 Å². The Kier molecular flexibility index (Phi) is 4.92. The van der Waals surface area contributed by atoms with Crippen molar-refractivity contribution >= 4 is 34.1 Å². The minimum atomic E-state index is -1.01. The molecule has 2 aromatic heterocycles. The van der Waals surface area contributed by atoms with Crippen molar-refractivity contribution in [3.63, 3.8) is 0 Å². The van der Waals surface area contributed by atoms with Crippen molar-refractivity contribution in [1.29, 1.82) is 0 Å². The van der Waals surface area contributed by atoms with Gasteiger partial charge in [-0.2, -0.15) is 9.37 Å². The fourth-order valence-corrected chi connectivity index (χ4v) is 2.82. The molecule has 2 N–H and O–H groups in total. The second-order valence-corrected chi connectivity index (χ2v) is 7.24. The molecule has 0 aliphatic rings. The molecule has 144 valence electrons. The van der Waals surface area contributed by atoms with E-state index in [-0.39, 0.29) is 28.8 Å². The van der Waals surface area contributed by atoms with Gasteiger partial charge < -0.3 is 10.4 Å². The first-order valence-corrected chi connectivity index (χ1v) is 8.51. The summed E-state index contributed by atoms with van der Waals surface area (Å²) in [7, 11) is 1.54. The molecule has 0 spiro atoms. The van der Waals surface area contributed by atoms with Crippen LogP contribution in [0, 0.1) is 11.9 Å². The Hall–Kier alpha value is -2.52. The summed E-state index contributed by atoms with van der Waals surface area (Å²) in [5.74, 6) is -0.753. The van der Waals surface area contributed by atoms with Gasteiger partial charge >= 0.3 is 11.8 Å². The topological polar surface area (TPSA) is 85.0 Å². The number of hydrogen-bond donors (Lipinski definition) is 2. The molecule has 0 amide bonds. The number of aliphatic hydroxyl groups is 1. The van der Waals surface area contributed by atoms with Crippen LogP contribution < -0.4 is 11.0 Å². The van der Waals surface area contributed by atoms with E-state index in [1.165, 1.54) is 28.3 Å². The van der Waals surface area contributed by atoms with Crippen molar-refractivity contribution in [2.45, 2.75) is 32.4 Å². The molecule has 0 fully saturated rings. The molecule has 3 rings (SSSR count). The second-order valence-electron chi connectivity index (χ2n) is 6.84. The highest BCUT2D eigenvalue weighted by molar-refractivity contribution is 6.32. The molecule has 10 heteroatoms. The van der Waals surface area contributed by atoms with E-state index >= 15 is 0 Å². The molecular formula is C17H18ClF2N5O2. The lowest BCUT2D eigenvalue weighted by Gasteiger charge is -2.17. The van der Waals surface area contributed by atoms with Crippen LogP contribution >= 0.6 is 11.6 Å². The molecule has 0 unspecified atom stereocenters. The molecule has 0 aliphatic heterocycles. The van der Waals surface area contributed by atoms with Crippen molar-refractivity contribution in [2.24, 2.45) is 7.05 Å². The molecule has 0 bridgehead atoms. The van der Waals surface area contributed by atoms with Gasteiger partial charge in [0.15, 0.2) is 5.82 Å². The first-order chi connectivity index (χ1) is 12.6. The molecule has 2 heterocycles. The summed E-state index contributed by atoms with van der Waals surface area (Å²) < 4.78 is 30.5. The monoisotopic (exact) mass is 397 g/mol. The maximum Gasteiger partial charge on any atom is 0.328 e. The van der Waals surface area contributed by atoms with Crippen molar-refractivity contribution in [3.05, 3.63) is 45.7 Å². The zero-order valence-electron chi connectivity index (χ0n) is 14.9. The number of benzene rings is 1. The Morgan fingerprint density at radius 3 is 2.67 bits per heavy atom. The van der Waals surface area contributed by atoms with Crippen LogP contribution in [0.15, 0.2) is 23.1 Å². The van der Waals surface area contributed by atoms with Crippen molar-refractivity contribution in [1.82, 2.24) is 19.1 Å². The number of fused-ring (bicyclic) bond motifs is 1. The zero-order chi connectivity index (χ0) is 19.9. The number of hydrogen-bond acceptors (Lipinski definition) is 5. The van der Waals surface area contributed by atoms with Gasteiger partial charge in [0.2, 0.25) is 0 Å². The first-order valence-electron chi connectivity index (χ1n) is 8.13. The highest BCUT2D eigenvalue weighted by Crippen LogP contribution is 2.28. The third kappa shape index (κ3) is 3.93. The van der Waals surface area contributed by atoms with E-state index in [0.29, 0.717) is 17.5 Å². The van der Waals surface area contributed by atoms with Crippen molar-refractivity contribution in [2.75, 3.05) is 5.32 Å². The number of aryl methyl sites for hydroxylation is 2. The summed E-state index contributed by atoms with van der Waals surface area (Å²) in [5, 5.41) is 12.6. The Bertz CT molecular complexity index is 1070. The normalized spacial score (nSPS) is 12.0. The molecule has 0 aliphatic carbocycles. The van der Waals surface area contributed by atoms with Crippen LogP contribution in [0.5, 0.6) is 0 Å². The summed E-state index contributed by atoms with van der Waals surface area (Å²) in [4.78, 5) is 19.3. The number of anilines is 2. The maximum atomic E-state index is 14.5. The van der Waals surface area contributed by atoms with Gasteiger partial charge in [-0.3, -0.25) is 9.13 Å². The number of aromatic nitrogens is 4. The third-order valence-electron chi connectivity index (χ3n) is 4.15. The molecule has 3 aromatic rings. The summed E-state index contributed by atoms with van der Waals surface area (Å²) in [6.45, 7) is 3.52.